The van der Waals surface area contributed by atoms with Crippen molar-refractivity contribution in [1.29, 1.82) is 0 Å². The average molecular weight is 568 g/mol. The zero-order chi connectivity index (χ0) is 27.9. The molecule has 0 saturated heterocycles. The lowest BCUT2D eigenvalue weighted by Crippen LogP contribution is -2.05. The normalized spacial score (nSPS) is 10.9. The van der Waals surface area contributed by atoms with Crippen LogP contribution in [0.4, 0.5) is 0 Å². The van der Waals surface area contributed by atoms with Gasteiger partial charge in [0.2, 0.25) is 0 Å². The van der Waals surface area contributed by atoms with Gasteiger partial charge in [0.05, 0.1) is 6.61 Å². The van der Waals surface area contributed by atoms with Gasteiger partial charge in [-0.25, -0.2) is 0 Å². The van der Waals surface area contributed by atoms with E-state index >= 15 is 0 Å². The van der Waals surface area contributed by atoms with Crippen LogP contribution in [0.1, 0.15) is 181 Å². The van der Waals surface area contributed by atoms with E-state index in [-0.39, 0.29) is 12.1 Å². The highest BCUT2D eigenvalue weighted by molar-refractivity contribution is 7.79. The molecule has 8 heteroatoms. The lowest BCUT2D eigenvalue weighted by molar-refractivity contribution is -0.143. The molecule has 0 aliphatic carbocycles. The van der Waals surface area contributed by atoms with E-state index in [4.69, 9.17) is 22.3 Å². The van der Waals surface area contributed by atoms with Crippen LogP contribution in [0.3, 0.4) is 0 Å². The minimum absolute atomic E-state index is 0. The molecule has 0 aromatic heterocycles. The first-order valence-corrected chi connectivity index (χ1v) is 17.1. The highest BCUT2D eigenvalue weighted by atomic mass is 32.3. The van der Waals surface area contributed by atoms with Crippen LogP contribution in [0.25, 0.3) is 0 Å². The first-order valence-electron chi connectivity index (χ1n) is 15.7. The van der Waals surface area contributed by atoms with Gasteiger partial charge in [-0.05, 0) is 12.8 Å². The van der Waals surface area contributed by atoms with Gasteiger partial charge < -0.3 is 10.9 Å². The third-order valence-electron chi connectivity index (χ3n) is 6.75. The quantitative estimate of drug-likeness (QED) is 0.0510. The summed E-state index contributed by atoms with van der Waals surface area (Å²) in [4.78, 5) is 11.8. The van der Waals surface area contributed by atoms with Crippen molar-refractivity contribution in [1.82, 2.24) is 6.15 Å². The number of carbonyl (C=O) groups is 1. The Kier molecular flexibility index (Phi) is 37.7. The SMILES string of the molecule is CCCCCCCCCCCCCCCCCC(=O)OCCCCCCCCCCCC.N.O=S(=O)(O)O. The molecule has 38 heavy (non-hydrogen) atoms. The maximum atomic E-state index is 11.8. The lowest BCUT2D eigenvalue weighted by atomic mass is 10.0. The Morgan fingerprint density at radius 3 is 1.03 bits per heavy atom. The number of hydrogen-bond acceptors (Lipinski definition) is 5. The smallest absolute Gasteiger partial charge is 0.394 e. The summed E-state index contributed by atoms with van der Waals surface area (Å²) in [6.07, 6.45) is 34.2. The Bertz CT molecular complexity index is 549. The molecule has 0 amide bonds. The minimum Gasteiger partial charge on any atom is -0.466 e. The second kappa shape index (κ2) is 34.3. The van der Waals surface area contributed by atoms with Gasteiger partial charge in [0.15, 0.2) is 0 Å². The van der Waals surface area contributed by atoms with Crippen LogP contribution in [0.5, 0.6) is 0 Å². The van der Waals surface area contributed by atoms with E-state index in [2.05, 4.69) is 13.8 Å². The van der Waals surface area contributed by atoms with Crippen LogP contribution in [0.15, 0.2) is 0 Å². The Balaban J connectivity index is -0.00000185. The van der Waals surface area contributed by atoms with Crippen molar-refractivity contribution in [3.63, 3.8) is 0 Å². The number of hydrogen-bond donors (Lipinski definition) is 3. The van der Waals surface area contributed by atoms with Gasteiger partial charge in [0.1, 0.15) is 0 Å². The van der Waals surface area contributed by atoms with Crippen LogP contribution < -0.4 is 6.15 Å². The predicted octanol–water partition coefficient (Wildman–Crippen LogP) is 10.2. The van der Waals surface area contributed by atoms with Crippen molar-refractivity contribution in [3.8, 4) is 0 Å². The molecule has 0 aliphatic rings. The molecular formula is C30H65NO6S. The summed E-state index contributed by atoms with van der Waals surface area (Å²) in [5, 5.41) is 0. The molecule has 0 bridgehead atoms. The maximum Gasteiger partial charge on any atom is 0.394 e. The molecule has 0 radical (unpaired) electrons. The summed E-state index contributed by atoms with van der Waals surface area (Å²) in [6, 6.07) is 0. The monoisotopic (exact) mass is 567 g/mol. The average Bonchev–Trinajstić information content (AvgIpc) is 2.84. The zero-order valence-corrected chi connectivity index (χ0v) is 26.1. The van der Waals surface area contributed by atoms with Crippen molar-refractivity contribution in [2.45, 2.75) is 181 Å². The molecule has 0 aromatic carbocycles. The van der Waals surface area contributed by atoms with Gasteiger partial charge in [-0.3, -0.25) is 13.9 Å². The fourth-order valence-electron chi connectivity index (χ4n) is 4.49. The number of esters is 1. The number of rotatable bonds is 27. The number of ether oxygens (including phenoxy) is 1. The van der Waals surface area contributed by atoms with Crippen LogP contribution >= 0.6 is 0 Å². The molecule has 0 aromatic rings. The van der Waals surface area contributed by atoms with Crippen molar-refractivity contribution in [3.05, 3.63) is 0 Å². The minimum atomic E-state index is -4.67. The van der Waals surface area contributed by atoms with Gasteiger partial charge in [-0.2, -0.15) is 8.42 Å². The van der Waals surface area contributed by atoms with E-state index < -0.39 is 10.4 Å². The van der Waals surface area contributed by atoms with Crippen molar-refractivity contribution in [2.75, 3.05) is 6.61 Å². The van der Waals surface area contributed by atoms with Crippen molar-refractivity contribution in [2.24, 2.45) is 0 Å². The van der Waals surface area contributed by atoms with E-state index in [1.54, 1.807) is 0 Å². The molecule has 0 fully saturated rings. The van der Waals surface area contributed by atoms with Crippen LogP contribution in [0, 0.1) is 0 Å². The van der Waals surface area contributed by atoms with E-state index in [1.807, 2.05) is 0 Å². The molecule has 0 aliphatic heterocycles. The predicted molar refractivity (Wildman–Crippen MR) is 162 cm³/mol. The van der Waals surface area contributed by atoms with E-state index in [0.717, 1.165) is 12.8 Å². The molecule has 232 valence electrons. The fourth-order valence-corrected chi connectivity index (χ4v) is 4.49. The summed E-state index contributed by atoms with van der Waals surface area (Å²) in [6.45, 7) is 5.19. The molecule has 5 N–H and O–H groups in total. The first kappa shape index (κ1) is 41.8. The number of carbonyl (C=O) groups excluding carboxylic acids is 1. The van der Waals surface area contributed by atoms with Crippen LogP contribution in [-0.2, 0) is 19.9 Å². The summed E-state index contributed by atoms with van der Waals surface area (Å²) in [5.41, 5.74) is 0. The lowest BCUT2D eigenvalue weighted by Gasteiger charge is -2.06. The Morgan fingerprint density at radius 2 is 0.737 bits per heavy atom. The summed E-state index contributed by atoms with van der Waals surface area (Å²) in [7, 11) is -4.67. The van der Waals surface area contributed by atoms with Crippen molar-refractivity contribution < 1.29 is 27.1 Å². The first-order chi connectivity index (χ1) is 17.8. The largest absolute Gasteiger partial charge is 0.466 e. The third-order valence-corrected chi connectivity index (χ3v) is 6.75. The second-order valence-electron chi connectivity index (χ2n) is 10.6. The van der Waals surface area contributed by atoms with Gasteiger partial charge in [0, 0.05) is 6.42 Å². The van der Waals surface area contributed by atoms with Gasteiger partial charge in [-0.15, -0.1) is 0 Å². The Hall–Kier alpha value is -0.700. The van der Waals surface area contributed by atoms with Crippen molar-refractivity contribution >= 4 is 16.4 Å². The van der Waals surface area contributed by atoms with E-state index in [0.29, 0.717) is 13.0 Å². The standard InChI is InChI=1S/C30H60O2.H3N.H2O4S/c1-3-5-7-9-11-13-15-16-17-18-19-20-22-24-26-28-30(31)32-29-27-25-23-21-14-12-10-8-6-4-2;;1-5(2,3)4/h3-29H2,1-2H3;1H3;(H2,1,2,3,4). The van der Waals surface area contributed by atoms with Crippen LogP contribution in [-0.4, -0.2) is 30.1 Å². The molecular weight excluding hydrogens is 502 g/mol. The molecule has 7 nitrogen and oxygen atoms in total. The van der Waals surface area contributed by atoms with Gasteiger partial charge in [0.25, 0.3) is 0 Å². The van der Waals surface area contributed by atoms with Gasteiger partial charge in [-0.1, -0.05) is 162 Å². The molecule has 0 heterocycles. The number of unbranched alkanes of at least 4 members (excludes halogenated alkanes) is 23. The molecule has 0 unspecified atom stereocenters. The van der Waals surface area contributed by atoms with E-state index in [9.17, 15) is 4.79 Å². The molecule has 0 atom stereocenters. The second-order valence-corrected chi connectivity index (χ2v) is 11.4. The van der Waals surface area contributed by atoms with Crippen LogP contribution in [0.2, 0.25) is 0 Å². The third kappa shape index (κ3) is 48.4. The molecule has 0 rings (SSSR count). The highest BCUT2D eigenvalue weighted by Crippen LogP contribution is 2.14. The molecule has 0 saturated carbocycles. The van der Waals surface area contributed by atoms with E-state index in [1.165, 1.54) is 148 Å². The summed E-state index contributed by atoms with van der Waals surface area (Å²) < 4.78 is 37.0. The van der Waals surface area contributed by atoms with Gasteiger partial charge >= 0.3 is 16.4 Å². The summed E-state index contributed by atoms with van der Waals surface area (Å²) >= 11 is 0. The fraction of sp³-hybridized carbons (Fsp3) is 0.967. The Labute approximate surface area is 236 Å². The zero-order valence-electron chi connectivity index (χ0n) is 25.2. The highest BCUT2D eigenvalue weighted by Gasteiger charge is 2.02. The topological polar surface area (TPSA) is 136 Å². The molecule has 0 spiro atoms. The Morgan fingerprint density at radius 1 is 0.500 bits per heavy atom. The maximum absolute atomic E-state index is 11.8. The summed E-state index contributed by atoms with van der Waals surface area (Å²) in [5.74, 6) is 0.0237.